The molecule has 8 nitrogen and oxygen atoms in total. The number of carbonyl (C=O) groups excluding carboxylic acids is 2. The average Bonchev–Trinajstić information content (AvgIpc) is 3.50. The van der Waals surface area contributed by atoms with Crippen LogP contribution in [0.3, 0.4) is 0 Å². The number of nitrogen functional groups attached to an aromatic ring is 1. The van der Waals surface area contributed by atoms with Crippen LogP contribution in [0.4, 0.5) is 10.2 Å². The van der Waals surface area contributed by atoms with Crippen LogP contribution < -0.4 is 11.1 Å². The van der Waals surface area contributed by atoms with Crippen LogP contribution in [-0.2, 0) is 9.59 Å². The third-order valence-corrected chi connectivity index (χ3v) is 6.85. The highest BCUT2D eigenvalue weighted by Gasteiger charge is 2.54. The number of aromatic nitrogens is 3. The normalized spacial score (nSPS) is 23.5. The summed E-state index contributed by atoms with van der Waals surface area (Å²) < 4.78 is 15.3. The number of amides is 1. The second-order valence-corrected chi connectivity index (χ2v) is 9.01. The molecule has 2 aromatic rings. The summed E-state index contributed by atoms with van der Waals surface area (Å²) in [6.07, 6.45) is 11.2. The van der Waals surface area contributed by atoms with Gasteiger partial charge in [-0.2, -0.15) is 9.61 Å². The van der Waals surface area contributed by atoms with Gasteiger partial charge in [0.25, 0.3) is 0 Å². The summed E-state index contributed by atoms with van der Waals surface area (Å²) in [5, 5.41) is 7.34. The van der Waals surface area contributed by atoms with Crippen molar-refractivity contribution in [1.82, 2.24) is 19.9 Å². The number of carbonyl (C=O) groups is 2. The molecule has 3 atom stereocenters. The molecule has 3 N–H and O–H groups in total. The smallest absolute Gasteiger partial charge is 0.234 e. The number of nitrogens with two attached hydrogens (primary N) is 1. The number of Topliss-reactive ketones (excluding diaryl/α,β-unsaturated/α-hetero) is 1. The Balaban J connectivity index is 1.51. The molecule has 9 heteroatoms. The predicted molar refractivity (Wildman–Crippen MR) is 123 cm³/mol. The van der Waals surface area contributed by atoms with Gasteiger partial charge in [0, 0.05) is 28.8 Å². The van der Waals surface area contributed by atoms with Gasteiger partial charge in [-0.15, -0.1) is 0 Å². The van der Waals surface area contributed by atoms with E-state index in [1.807, 2.05) is 19.9 Å². The van der Waals surface area contributed by atoms with E-state index in [0.29, 0.717) is 35.6 Å². The second-order valence-electron chi connectivity index (χ2n) is 9.01. The maximum absolute atomic E-state index is 13.8. The molecule has 3 aliphatic rings. The number of allylic oxidation sites excluding steroid dienone is 3. The molecule has 1 saturated carbocycles. The summed E-state index contributed by atoms with van der Waals surface area (Å²) in [4.78, 5) is 34.0. The minimum atomic E-state index is -0.906. The van der Waals surface area contributed by atoms with E-state index in [1.165, 1.54) is 13.0 Å². The zero-order chi connectivity index (χ0) is 23.5. The highest BCUT2D eigenvalue weighted by Crippen LogP contribution is 2.47. The summed E-state index contributed by atoms with van der Waals surface area (Å²) in [5.74, 6) is -0.454. The van der Waals surface area contributed by atoms with Gasteiger partial charge in [-0.05, 0) is 45.8 Å². The Morgan fingerprint density at radius 1 is 1.33 bits per heavy atom. The van der Waals surface area contributed by atoms with Crippen LogP contribution in [0.15, 0.2) is 41.3 Å². The van der Waals surface area contributed by atoms with Crippen LogP contribution in [0.5, 0.6) is 0 Å². The molecular formula is C24H25FN6O2. The fraction of sp³-hybridized carbons (Fsp3) is 0.375. The quantitative estimate of drug-likeness (QED) is 0.683. The fourth-order valence-corrected chi connectivity index (χ4v) is 4.53. The highest BCUT2D eigenvalue weighted by atomic mass is 19.1. The summed E-state index contributed by atoms with van der Waals surface area (Å²) in [6, 6.07) is -0.583. The zero-order valence-corrected chi connectivity index (χ0v) is 18.7. The van der Waals surface area contributed by atoms with E-state index in [0.717, 1.165) is 11.1 Å². The molecular weight excluding hydrogens is 423 g/mol. The number of ketones is 1. The minimum absolute atomic E-state index is 0.116. The molecule has 5 rings (SSSR count). The lowest BCUT2D eigenvalue weighted by molar-refractivity contribution is -0.135. The molecule has 0 spiro atoms. The first kappa shape index (κ1) is 21.2. The number of halogens is 1. The fourth-order valence-electron chi connectivity index (χ4n) is 4.53. The van der Waals surface area contributed by atoms with E-state index in [-0.39, 0.29) is 29.5 Å². The number of nitrogens with zero attached hydrogens (tertiary/aromatic N) is 4. The van der Waals surface area contributed by atoms with E-state index in [9.17, 15) is 14.0 Å². The highest BCUT2D eigenvalue weighted by molar-refractivity contribution is 6.13. The minimum Gasteiger partial charge on any atom is -0.383 e. The van der Waals surface area contributed by atoms with Gasteiger partial charge in [-0.1, -0.05) is 12.2 Å². The Hall–Kier alpha value is -3.62. The first-order chi connectivity index (χ1) is 15.7. The summed E-state index contributed by atoms with van der Waals surface area (Å²) in [5.41, 5.74) is 8.79. The molecule has 0 radical (unpaired) electrons. The summed E-state index contributed by atoms with van der Waals surface area (Å²) >= 11 is 0. The largest absolute Gasteiger partial charge is 0.383 e. The van der Waals surface area contributed by atoms with Crippen molar-refractivity contribution in [2.75, 3.05) is 5.73 Å². The first-order valence-electron chi connectivity index (χ1n) is 11.0. The molecule has 1 amide bonds. The van der Waals surface area contributed by atoms with Crippen molar-refractivity contribution < 1.29 is 14.0 Å². The molecule has 3 heterocycles. The number of rotatable bonds is 5. The van der Waals surface area contributed by atoms with Crippen molar-refractivity contribution in [2.45, 2.75) is 45.7 Å². The van der Waals surface area contributed by atoms with Gasteiger partial charge in [-0.3, -0.25) is 14.6 Å². The lowest BCUT2D eigenvalue weighted by atomic mass is 9.89. The number of fused-ring (bicyclic) bond motifs is 2. The van der Waals surface area contributed by atoms with E-state index in [1.54, 1.807) is 29.1 Å². The molecule has 3 unspecified atom stereocenters. The molecule has 1 fully saturated rings. The number of hydrogen-bond donors (Lipinski definition) is 2. The Labute approximate surface area is 190 Å². The van der Waals surface area contributed by atoms with Gasteiger partial charge < -0.3 is 11.1 Å². The van der Waals surface area contributed by atoms with Gasteiger partial charge >= 0.3 is 0 Å². The van der Waals surface area contributed by atoms with Crippen molar-refractivity contribution in [3.05, 3.63) is 53.1 Å². The van der Waals surface area contributed by atoms with Crippen molar-refractivity contribution in [2.24, 2.45) is 16.3 Å². The summed E-state index contributed by atoms with van der Waals surface area (Å²) in [7, 11) is 0. The van der Waals surface area contributed by atoms with Crippen molar-refractivity contribution in [3.63, 3.8) is 0 Å². The molecule has 0 aromatic carbocycles. The monoisotopic (exact) mass is 448 g/mol. The van der Waals surface area contributed by atoms with E-state index >= 15 is 0 Å². The molecule has 33 heavy (non-hydrogen) atoms. The number of hydrogen-bond acceptors (Lipinski definition) is 6. The number of dihydropyridines is 1. The van der Waals surface area contributed by atoms with Crippen molar-refractivity contribution >= 4 is 34.9 Å². The maximum Gasteiger partial charge on any atom is 0.234 e. The van der Waals surface area contributed by atoms with Gasteiger partial charge in [0.2, 0.25) is 5.91 Å². The molecule has 1 aliphatic heterocycles. The zero-order valence-electron chi connectivity index (χ0n) is 18.7. The van der Waals surface area contributed by atoms with Gasteiger partial charge in [0.15, 0.2) is 5.65 Å². The van der Waals surface area contributed by atoms with Gasteiger partial charge in [0.1, 0.15) is 22.8 Å². The first-order valence-corrected chi connectivity index (χ1v) is 11.0. The molecule has 2 aliphatic carbocycles. The van der Waals surface area contributed by atoms with E-state index < -0.39 is 11.5 Å². The van der Waals surface area contributed by atoms with E-state index in [4.69, 9.17) is 10.7 Å². The second kappa shape index (κ2) is 7.47. The maximum atomic E-state index is 13.8. The Morgan fingerprint density at radius 3 is 2.79 bits per heavy atom. The molecule has 0 saturated heterocycles. The van der Waals surface area contributed by atoms with E-state index in [2.05, 4.69) is 15.4 Å². The van der Waals surface area contributed by atoms with Crippen LogP contribution in [-0.4, -0.2) is 38.5 Å². The Morgan fingerprint density at radius 2 is 2.09 bits per heavy atom. The number of anilines is 1. The average molecular weight is 449 g/mol. The Kier molecular flexibility index (Phi) is 4.81. The van der Waals surface area contributed by atoms with Crippen LogP contribution in [0.1, 0.15) is 49.6 Å². The molecule has 0 bridgehead atoms. The topological polar surface area (TPSA) is 115 Å². The SMILES string of the molecule is CC(=O)C1(C(=O)NC(C)c2nc3c(C4=CC5C=C(F)C=CC5N=C4)cnn3c(N)c2C)CC1. The number of nitrogens with one attached hydrogen (secondary N) is 1. The Bertz CT molecular complexity index is 1310. The third-order valence-electron chi connectivity index (χ3n) is 6.85. The van der Waals surface area contributed by atoms with Gasteiger partial charge in [0.05, 0.1) is 24.0 Å². The lowest BCUT2D eigenvalue weighted by Gasteiger charge is -2.23. The lowest BCUT2D eigenvalue weighted by Crippen LogP contribution is -2.38. The van der Waals surface area contributed by atoms with Crippen LogP contribution in [0.25, 0.3) is 11.2 Å². The standard InChI is InChI=1S/C24H25FN6O2/c1-12-20(13(2)29-23(33)24(6-7-24)14(3)32)30-22-18(11-28-31(22)21(12)26)16-8-15-9-17(25)4-5-19(15)27-10-16/h4-5,8-11,13,15,19H,6-7,26H2,1-3H3,(H,29,33). The van der Waals surface area contributed by atoms with Crippen molar-refractivity contribution in [1.29, 1.82) is 0 Å². The van der Waals surface area contributed by atoms with Crippen LogP contribution >= 0.6 is 0 Å². The molecule has 2 aromatic heterocycles. The van der Waals surface area contributed by atoms with Crippen LogP contribution in [0, 0.1) is 18.3 Å². The van der Waals surface area contributed by atoms with Gasteiger partial charge in [-0.25, -0.2) is 9.37 Å². The predicted octanol–water partition coefficient (Wildman–Crippen LogP) is 3.04. The number of aliphatic imine (C=N–C) groups is 1. The van der Waals surface area contributed by atoms with Crippen LogP contribution in [0.2, 0.25) is 0 Å². The summed E-state index contributed by atoms with van der Waals surface area (Å²) in [6.45, 7) is 5.10. The third kappa shape index (κ3) is 3.39. The van der Waals surface area contributed by atoms with Crippen molar-refractivity contribution in [3.8, 4) is 0 Å². The molecule has 170 valence electrons.